The Balaban J connectivity index is 1.36. The fraction of sp³-hybridized carbons (Fsp3) is 0.375. The maximum absolute atomic E-state index is 12.9. The normalized spacial score (nSPS) is 11.1. The van der Waals surface area contributed by atoms with E-state index in [4.69, 9.17) is 23.9 Å². The van der Waals surface area contributed by atoms with Gasteiger partial charge in [-0.3, -0.25) is 4.79 Å². The number of hydrogen-bond acceptors (Lipinski definition) is 6. The standard InChI is InChI=1S/C32H39N3O5/c1-22(2)24-12-6-9-15-27(24)40-19-11-18-35-26-14-8-7-13-25(26)34-30(35)16-10-17-33-32(36)23-20-28(37-3)31(39-5)29(21-23)38-4/h6-9,12-15,20-22H,10-11,16-19H2,1-5H3,(H,33,36). The van der Waals surface area contributed by atoms with Crippen molar-refractivity contribution in [1.29, 1.82) is 0 Å². The van der Waals surface area contributed by atoms with Crippen LogP contribution in [-0.4, -0.2) is 49.9 Å². The molecule has 0 saturated heterocycles. The van der Waals surface area contributed by atoms with Gasteiger partial charge < -0.3 is 28.8 Å². The van der Waals surface area contributed by atoms with E-state index in [9.17, 15) is 4.79 Å². The minimum absolute atomic E-state index is 0.202. The van der Waals surface area contributed by atoms with Crippen molar-refractivity contribution in [3.8, 4) is 23.0 Å². The van der Waals surface area contributed by atoms with E-state index in [-0.39, 0.29) is 5.91 Å². The summed E-state index contributed by atoms with van der Waals surface area (Å²) >= 11 is 0. The van der Waals surface area contributed by atoms with Crippen LogP contribution in [0.25, 0.3) is 11.0 Å². The number of benzene rings is 3. The Morgan fingerprint density at radius 3 is 2.30 bits per heavy atom. The highest BCUT2D eigenvalue weighted by molar-refractivity contribution is 5.95. The zero-order valence-electron chi connectivity index (χ0n) is 24.0. The molecule has 4 aromatic rings. The predicted octanol–water partition coefficient (Wildman–Crippen LogP) is 6.02. The van der Waals surface area contributed by atoms with E-state index in [1.165, 1.54) is 26.9 Å². The van der Waals surface area contributed by atoms with Gasteiger partial charge in [0.1, 0.15) is 11.6 Å². The second kappa shape index (κ2) is 13.7. The quantitative estimate of drug-likeness (QED) is 0.195. The molecule has 40 heavy (non-hydrogen) atoms. The second-order valence-electron chi connectivity index (χ2n) is 9.84. The van der Waals surface area contributed by atoms with Crippen molar-refractivity contribution in [2.75, 3.05) is 34.5 Å². The monoisotopic (exact) mass is 545 g/mol. The van der Waals surface area contributed by atoms with Gasteiger partial charge in [-0.05, 0) is 54.7 Å². The first-order valence-corrected chi connectivity index (χ1v) is 13.7. The average Bonchev–Trinajstić information content (AvgIpc) is 3.33. The number of rotatable bonds is 14. The molecule has 0 aliphatic heterocycles. The molecule has 0 bridgehead atoms. The first-order chi connectivity index (χ1) is 19.5. The van der Waals surface area contributed by atoms with Gasteiger partial charge in [0.2, 0.25) is 5.75 Å². The van der Waals surface area contributed by atoms with E-state index in [1.54, 1.807) is 12.1 Å². The fourth-order valence-electron chi connectivity index (χ4n) is 4.82. The van der Waals surface area contributed by atoms with Crippen molar-refractivity contribution in [3.05, 3.63) is 77.6 Å². The van der Waals surface area contributed by atoms with E-state index < -0.39 is 0 Å². The van der Waals surface area contributed by atoms with Gasteiger partial charge in [0.05, 0.1) is 39.0 Å². The van der Waals surface area contributed by atoms with E-state index in [0.717, 1.165) is 48.4 Å². The van der Waals surface area contributed by atoms with Gasteiger partial charge in [-0.15, -0.1) is 0 Å². The summed E-state index contributed by atoms with van der Waals surface area (Å²) in [5.41, 5.74) is 3.76. The molecular weight excluding hydrogens is 506 g/mol. The maximum Gasteiger partial charge on any atom is 0.251 e. The number of nitrogens with zero attached hydrogens (tertiary/aromatic N) is 2. The van der Waals surface area contributed by atoms with Crippen LogP contribution in [0.15, 0.2) is 60.7 Å². The summed E-state index contributed by atoms with van der Waals surface area (Å²) in [5, 5.41) is 3.00. The van der Waals surface area contributed by atoms with Crippen LogP contribution in [0.5, 0.6) is 23.0 Å². The molecule has 0 atom stereocenters. The molecule has 1 amide bonds. The Morgan fingerprint density at radius 2 is 1.60 bits per heavy atom. The summed E-state index contributed by atoms with van der Waals surface area (Å²) in [6.07, 6.45) is 2.34. The number of amides is 1. The minimum Gasteiger partial charge on any atom is -0.493 e. The number of nitrogens with one attached hydrogen (secondary N) is 1. The molecule has 0 fully saturated rings. The Hall–Kier alpha value is -4.20. The first-order valence-electron chi connectivity index (χ1n) is 13.7. The van der Waals surface area contributed by atoms with E-state index >= 15 is 0 Å². The molecule has 8 heteroatoms. The summed E-state index contributed by atoms with van der Waals surface area (Å²) < 4.78 is 24.5. The molecule has 4 rings (SSSR count). The number of para-hydroxylation sites is 3. The molecule has 212 valence electrons. The second-order valence-corrected chi connectivity index (χ2v) is 9.84. The maximum atomic E-state index is 12.9. The van der Waals surface area contributed by atoms with Crippen molar-refractivity contribution < 1.29 is 23.7 Å². The first kappa shape index (κ1) is 28.8. The number of imidazole rings is 1. The van der Waals surface area contributed by atoms with E-state index in [0.29, 0.717) is 41.9 Å². The Kier molecular flexibility index (Phi) is 9.89. The Morgan fingerprint density at radius 1 is 0.900 bits per heavy atom. The van der Waals surface area contributed by atoms with Gasteiger partial charge in [0.15, 0.2) is 11.5 Å². The molecular formula is C32H39N3O5. The molecule has 0 aliphatic carbocycles. The largest absolute Gasteiger partial charge is 0.493 e. The van der Waals surface area contributed by atoms with Gasteiger partial charge >= 0.3 is 0 Å². The van der Waals surface area contributed by atoms with Crippen LogP contribution in [0.2, 0.25) is 0 Å². The molecule has 0 aliphatic rings. The molecule has 0 spiro atoms. The number of hydrogen-bond donors (Lipinski definition) is 1. The smallest absolute Gasteiger partial charge is 0.251 e. The summed E-state index contributed by atoms with van der Waals surface area (Å²) in [5.74, 6) is 3.51. The van der Waals surface area contributed by atoms with Gasteiger partial charge in [0.25, 0.3) is 5.91 Å². The van der Waals surface area contributed by atoms with Crippen LogP contribution in [-0.2, 0) is 13.0 Å². The molecule has 1 N–H and O–H groups in total. The van der Waals surface area contributed by atoms with Crippen molar-refractivity contribution in [2.24, 2.45) is 0 Å². The van der Waals surface area contributed by atoms with E-state index in [1.807, 2.05) is 30.3 Å². The SMILES string of the molecule is COc1cc(C(=O)NCCCc2nc3ccccc3n2CCCOc2ccccc2C(C)C)cc(OC)c1OC. The number of carbonyl (C=O) groups excluding carboxylic acids is 1. The van der Waals surface area contributed by atoms with Gasteiger partial charge in [0, 0.05) is 25.1 Å². The van der Waals surface area contributed by atoms with Gasteiger partial charge in [-0.25, -0.2) is 4.98 Å². The summed E-state index contributed by atoms with van der Waals surface area (Å²) in [7, 11) is 4.59. The number of carbonyl (C=O) groups is 1. The van der Waals surface area contributed by atoms with Crippen LogP contribution in [0.3, 0.4) is 0 Å². The topological polar surface area (TPSA) is 83.8 Å². The zero-order chi connectivity index (χ0) is 28.5. The molecule has 8 nitrogen and oxygen atoms in total. The molecule has 3 aromatic carbocycles. The highest BCUT2D eigenvalue weighted by atomic mass is 16.5. The minimum atomic E-state index is -0.202. The van der Waals surface area contributed by atoms with Crippen molar-refractivity contribution in [1.82, 2.24) is 14.9 Å². The van der Waals surface area contributed by atoms with Gasteiger partial charge in [-0.2, -0.15) is 0 Å². The third-order valence-electron chi connectivity index (χ3n) is 6.85. The van der Waals surface area contributed by atoms with Crippen molar-refractivity contribution in [2.45, 2.75) is 45.6 Å². The van der Waals surface area contributed by atoms with E-state index in [2.05, 4.69) is 41.9 Å². The number of methoxy groups -OCH3 is 3. The third-order valence-corrected chi connectivity index (χ3v) is 6.85. The average molecular weight is 546 g/mol. The number of fused-ring (bicyclic) bond motifs is 1. The highest BCUT2D eigenvalue weighted by Gasteiger charge is 2.17. The van der Waals surface area contributed by atoms with Crippen LogP contribution in [0.4, 0.5) is 0 Å². The molecule has 1 heterocycles. The summed E-state index contributed by atoms with van der Waals surface area (Å²) in [6.45, 7) is 6.30. The highest BCUT2D eigenvalue weighted by Crippen LogP contribution is 2.38. The number of aryl methyl sites for hydroxylation is 2. The lowest BCUT2D eigenvalue weighted by atomic mass is 10.0. The summed E-state index contributed by atoms with van der Waals surface area (Å²) in [6, 6.07) is 19.7. The van der Waals surface area contributed by atoms with Crippen LogP contribution in [0.1, 0.15) is 54.4 Å². The Labute approximate surface area is 236 Å². The lowest BCUT2D eigenvalue weighted by Gasteiger charge is -2.15. The number of ether oxygens (including phenoxy) is 4. The predicted molar refractivity (Wildman–Crippen MR) is 157 cm³/mol. The third kappa shape index (κ3) is 6.68. The Bertz CT molecular complexity index is 1400. The van der Waals surface area contributed by atoms with Crippen molar-refractivity contribution in [3.63, 3.8) is 0 Å². The van der Waals surface area contributed by atoms with Crippen LogP contribution >= 0.6 is 0 Å². The summed E-state index contributed by atoms with van der Waals surface area (Å²) in [4.78, 5) is 17.7. The molecule has 0 unspecified atom stereocenters. The molecule has 0 radical (unpaired) electrons. The fourth-order valence-corrected chi connectivity index (χ4v) is 4.82. The van der Waals surface area contributed by atoms with Crippen molar-refractivity contribution >= 4 is 16.9 Å². The lowest BCUT2D eigenvalue weighted by molar-refractivity contribution is 0.0952. The lowest BCUT2D eigenvalue weighted by Crippen LogP contribution is -2.25. The molecule has 1 aromatic heterocycles. The number of aromatic nitrogens is 2. The van der Waals surface area contributed by atoms with Crippen LogP contribution < -0.4 is 24.3 Å². The molecule has 0 saturated carbocycles. The van der Waals surface area contributed by atoms with Gasteiger partial charge in [-0.1, -0.05) is 44.2 Å². The van der Waals surface area contributed by atoms with Crippen LogP contribution in [0, 0.1) is 0 Å². The zero-order valence-corrected chi connectivity index (χ0v) is 24.0.